The molecule has 1 amide bonds. The van der Waals surface area contributed by atoms with Gasteiger partial charge in [-0.3, -0.25) is 9.59 Å². The minimum Gasteiger partial charge on any atom is -0.481 e. The first-order valence-electron chi connectivity index (χ1n) is 20.7. The summed E-state index contributed by atoms with van der Waals surface area (Å²) in [5.74, 6) is -0.497. The van der Waals surface area contributed by atoms with E-state index < -0.39 is 5.97 Å². The summed E-state index contributed by atoms with van der Waals surface area (Å²) in [6.07, 6.45) is 14.0. The Morgan fingerprint density at radius 2 is 1.04 bits per heavy atom. The fraction of sp³-hybridized carbons (Fsp3) is 0.696. The number of carboxylic acid groups (broad SMARTS) is 1. The molecule has 53 heavy (non-hydrogen) atoms. The lowest BCUT2D eigenvalue weighted by atomic mass is 9.70. The summed E-state index contributed by atoms with van der Waals surface area (Å²) < 4.78 is 0. The second kappa shape index (κ2) is 26.1. The van der Waals surface area contributed by atoms with Crippen molar-refractivity contribution in [2.75, 3.05) is 41.3 Å². The molecular formula is C46H83N4O3+. The van der Waals surface area contributed by atoms with Gasteiger partial charge >= 0.3 is 5.97 Å². The molecule has 0 aliphatic carbocycles. The van der Waals surface area contributed by atoms with Crippen molar-refractivity contribution in [3.05, 3.63) is 71.8 Å². The van der Waals surface area contributed by atoms with Gasteiger partial charge in [0.15, 0.2) is 0 Å². The molecule has 304 valence electrons. The highest BCUT2D eigenvalue weighted by Gasteiger charge is 2.36. The number of nitrogens with two attached hydrogens (primary N) is 1. The molecule has 0 saturated carbocycles. The number of hydrogen-bond donors (Lipinski definition) is 4. The number of benzene rings is 2. The topological polar surface area (TPSA) is 100 Å². The number of nitrogens with one attached hydrogen (secondary N) is 2. The van der Waals surface area contributed by atoms with Crippen LogP contribution < -0.4 is 16.0 Å². The Kier molecular flexibility index (Phi) is 24.8. The number of carbonyl (C=O) groups is 2. The number of amides is 1. The maximum atomic E-state index is 13.0. The van der Waals surface area contributed by atoms with Gasteiger partial charge in [-0.15, -0.1) is 0 Å². The molecule has 0 radical (unpaired) electrons. The molecule has 0 saturated heterocycles. The predicted molar refractivity (Wildman–Crippen MR) is 228 cm³/mol. The van der Waals surface area contributed by atoms with E-state index in [9.17, 15) is 14.7 Å². The average molecular weight is 740 g/mol. The van der Waals surface area contributed by atoms with E-state index in [1.54, 1.807) is 0 Å². The van der Waals surface area contributed by atoms with Crippen LogP contribution in [0.2, 0.25) is 0 Å². The number of hydrogen-bond acceptors (Lipinski definition) is 4. The summed E-state index contributed by atoms with van der Waals surface area (Å²) in [7, 11) is 8.30. The molecule has 7 heteroatoms. The summed E-state index contributed by atoms with van der Waals surface area (Å²) in [6.45, 7) is 18.9. The zero-order chi connectivity index (χ0) is 40.6. The number of carboxylic acids is 1. The molecule has 0 spiro atoms. The number of carbonyl (C=O) groups excluding carboxylic acids is 1. The highest BCUT2D eigenvalue weighted by molar-refractivity contribution is 5.78. The lowest BCUT2D eigenvalue weighted by Crippen LogP contribution is -3.08. The van der Waals surface area contributed by atoms with E-state index in [0.717, 1.165) is 90.1 Å². The van der Waals surface area contributed by atoms with Gasteiger partial charge in [-0.05, 0) is 78.6 Å². The van der Waals surface area contributed by atoms with Crippen LogP contribution >= 0.6 is 0 Å². The van der Waals surface area contributed by atoms with Crippen molar-refractivity contribution in [1.82, 2.24) is 10.2 Å². The molecule has 0 unspecified atom stereocenters. The summed E-state index contributed by atoms with van der Waals surface area (Å²) in [6, 6.07) is 20.9. The molecule has 5 N–H and O–H groups in total. The lowest BCUT2D eigenvalue weighted by molar-refractivity contribution is -0.862. The highest BCUT2D eigenvalue weighted by Crippen LogP contribution is 2.40. The van der Waals surface area contributed by atoms with Crippen LogP contribution in [0.25, 0.3) is 0 Å². The van der Waals surface area contributed by atoms with Crippen LogP contribution in [-0.2, 0) is 20.4 Å². The molecule has 2 aromatic carbocycles. The molecule has 0 heterocycles. The van der Waals surface area contributed by atoms with Crippen molar-refractivity contribution >= 4 is 11.9 Å². The average Bonchev–Trinajstić information content (AvgIpc) is 3.06. The van der Waals surface area contributed by atoms with Gasteiger partial charge in [0.2, 0.25) is 5.91 Å². The summed E-state index contributed by atoms with van der Waals surface area (Å²) >= 11 is 0. The quantitative estimate of drug-likeness (QED) is 0.0914. The number of aliphatic carboxylic acids is 1. The summed E-state index contributed by atoms with van der Waals surface area (Å²) in [5, 5.41) is 12.6. The van der Waals surface area contributed by atoms with E-state index in [1.807, 2.05) is 46.1 Å². The first-order valence-corrected chi connectivity index (χ1v) is 20.7. The third-order valence-electron chi connectivity index (χ3n) is 9.79. The number of likely N-dealkylation sites (N-methyl/N-ethyl adjacent to an activating group) is 2. The van der Waals surface area contributed by atoms with Gasteiger partial charge in [-0.1, -0.05) is 140 Å². The Morgan fingerprint density at radius 1 is 0.679 bits per heavy atom. The molecule has 2 aromatic rings. The van der Waals surface area contributed by atoms with Gasteiger partial charge in [0.05, 0.1) is 32.6 Å². The first-order chi connectivity index (χ1) is 24.8. The number of unbranched alkanes of at least 4 members (excludes halogenated alkanes) is 4. The second-order valence-corrected chi connectivity index (χ2v) is 17.5. The Labute approximate surface area is 326 Å². The standard InChI is InChI=1S/C23H40N2O.C17H26O2.C6H16N2/c1-7-9-16-23(17-10-8-2,20-14-12-11-13-15-20)18-21(26)24-22(3,4)19-25(5)6;1-3-5-12-17(13-6-4-2,14-16(18)19)15-10-8-7-9-11-15;1-6(2,7)5-8(3)4/h11-15H,7-10,16-19H2,1-6H3,(H,24,26);7-11H,3-6,12-14H2,1-2H3,(H,18,19);5,7H2,1-4H3/p+1. The van der Waals surface area contributed by atoms with Gasteiger partial charge in [0.25, 0.3) is 0 Å². The lowest BCUT2D eigenvalue weighted by Gasteiger charge is -2.36. The Morgan fingerprint density at radius 3 is 1.30 bits per heavy atom. The Bertz CT molecular complexity index is 1210. The van der Waals surface area contributed by atoms with Crippen LogP contribution in [-0.4, -0.2) is 74.2 Å². The zero-order valence-electron chi connectivity index (χ0n) is 36.4. The smallest absolute Gasteiger partial charge is 0.304 e. The normalized spacial score (nSPS) is 12.1. The van der Waals surface area contributed by atoms with Crippen LogP contribution in [0.1, 0.15) is 156 Å². The Balaban J connectivity index is 0.000000872. The molecule has 0 atom stereocenters. The molecule has 0 aliphatic rings. The monoisotopic (exact) mass is 740 g/mol. The van der Waals surface area contributed by atoms with Crippen LogP contribution in [0.4, 0.5) is 0 Å². The van der Waals surface area contributed by atoms with E-state index >= 15 is 0 Å². The van der Waals surface area contributed by atoms with Crippen molar-refractivity contribution in [3.8, 4) is 0 Å². The second-order valence-electron chi connectivity index (χ2n) is 17.5. The molecule has 0 aromatic heterocycles. The minimum absolute atomic E-state index is 0.0432. The molecule has 2 rings (SSSR count). The molecule has 0 aliphatic heterocycles. The summed E-state index contributed by atoms with van der Waals surface area (Å²) in [5.41, 5.74) is 7.75. The van der Waals surface area contributed by atoms with Gasteiger partial charge in [-0.2, -0.15) is 0 Å². The largest absolute Gasteiger partial charge is 0.481 e. The van der Waals surface area contributed by atoms with E-state index in [4.69, 9.17) is 5.73 Å². The number of rotatable bonds is 23. The van der Waals surface area contributed by atoms with Gasteiger partial charge in [0, 0.05) is 29.3 Å². The third-order valence-corrected chi connectivity index (χ3v) is 9.79. The van der Waals surface area contributed by atoms with Crippen molar-refractivity contribution in [2.24, 2.45) is 5.73 Å². The van der Waals surface area contributed by atoms with Crippen LogP contribution in [0.15, 0.2) is 60.7 Å². The van der Waals surface area contributed by atoms with Crippen molar-refractivity contribution in [3.63, 3.8) is 0 Å². The van der Waals surface area contributed by atoms with Crippen molar-refractivity contribution in [1.29, 1.82) is 0 Å². The molecular weight excluding hydrogens is 657 g/mol. The first kappa shape index (κ1) is 50.3. The molecule has 7 nitrogen and oxygen atoms in total. The van der Waals surface area contributed by atoms with Crippen LogP contribution in [0.5, 0.6) is 0 Å². The molecule has 0 bridgehead atoms. The maximum Gasteiger partial charge on any atom is 0.304 e. The van der Waals surface area contributed by atoms with Crippen LogP contribution in [0.3, 0.4) is 0 Å². The highest BCUT2D eigenvalue weighted by atomic mass is 16.4. The van der Waals surface area contributed by atoms with E-state index in [1.165, 1.54) is 16.0 Å². The third kappa shape index (κ3) is 22.3. The van der Waals surface area contributed by atoms with E-state index in [-0.39, 0.29) is 34.2 Å². The van der Waals surface area contributed by atoms with Gasteiger partial charge in [-0.25, -0.2) is 0 Å². The maximum absolute atomic E-state index is 13.0. The molecule has 0 fully saturated rings. The SMILES string of the molecule is CCCCC(CCCC)(CC(=O)NC(C)(C)C[NH+](C)C)c1ccccc1.CCCCC(CCCC)(CC(=O)O)c1ccccc1.CN(C)CC(C)(C)N. The minimum atomic E-state index is -0.684. The number of nitrogens with zero attached hydrogens (tertiary/aromatic N) is 1. The fourth-order valence-corrected chi connectivity index (χ4v) is 7.79. The summed E-state index contributed by atoms with van der Waals surface area (Å²) in [4.78, 5) is 27.8. The predicted octanol–water partition coefficient (Wildman–Crippen LogP) is 8.80. The van der Waals surface area contributed by atoms with E-state index in [2.05, 4.69) is 108 Å². The Hall–Kier alpha value is -2.74. The van der Waals surface area contributed by atoms with Crippen LogP contribution in [0, 0.1) is 0 Å². The van der Waals surface area contributed by atoms with Gasteiger partial charge < -0.3 is 26.0 Å². The van der Waals surface area contributed by atoms with Crippen molar-refractivity contribution < 1.29 is 19.6 Å². The van der Waals surface area contributed by atoms with Gasteiger partial charge in [0.1, 0.15) is 0 Å². The van der Waals surface area contributed by atoms with E-state index in [0.29, 0.717) is 6.42 Å². The zero-order valence-corrected chi connectivity index (χ0v) is 36.4. The number of quaternary nitrogens is 1. The fourth-order valence-electron chi connectivity index (χ4n) is 7.79. The van der Waals surface area contributed by atoms with Crippen molar-refractivity contribution in [2.45, 2.75) is 167 Å².